The Morgan fingerprint density at radius 2 is 1.08 bits per heavy atom. The number of aliphatic hydroxyl groups is 4. The van der Waals surface area contributed by atoms with E-state index in [0.29, 0.717) is 12.8 Å². The normalized spacial score (nSPS) is 21.4. The summed E-state index contributed by atoms with van der Waals surface area (Å²) in [6, 6.07) is 0. The Labute approximate surface area is 315 Å². The van der Waals surface area contributed by atoms with Crippen molar-refractivity contribution in [2.24, 2.45) is 0 Å². The lowest BCUT2D eigenvalue weighted by atomic mass is 9.99. The van der Waals surface area contributed by atoms with E-state index in [9.17, 15) is 30.0 Å². The SMILES string of the molecule is CCCCC/C=C/CCCCCCCC(=O)O[C@@H](COC(=O)CCCCCCC/C=C/C=C/CCCCCC)CO[C@H]1O[C@@H](CO)[C@@H](O)C(O)C1O. The Morgan fingerprint density at radius 1 is 0.596 bits per heavy atom. The lowest BCUT2D eigenvalue weighted by Gasteiger charge is -2.39. The van der Waals surface area contributed by atoms with Crippen molar-refractivity contribution in [3.8, 4) is 0 Å². The summed E-state index contributed by atoms with van der Waals surface area (Å²) in [4.78, 5) is 25.2. The molecule has 52 heavy (non-hydrogen) atoms. The minimum absolute atomic E-state index is 0.216. The van der Waals surface area contributed by atoms with Crippen LogP contribution in [-0.4, -0.2) is 89.0 Å². The maximum Gasteiger partial charge on any atom is 0.306 e. The van der Waals surface area contributed by atoms with Gasteiger partial charge in [0.2, 0.25) is 0 Å². The van der Waals surface area contributed by atoms with Crippen LogP contribution >= 0.6 is 0 Å². The van der Waals surface area contributed by atoms with Crippen LogP contribution in [0.15, 0.2) is 36.5 Å². The van der Waals surface area contributed by atoms with Crippen LogP contribution in [-0.2, 0) is 28.5 Å². The van der Waals surface area contributed by atoms with Crippen LogP contribution in [0.3, 0.4) is 0 Å². The number of ether oxygens (including phenoxy) is 4. The van der Waals surface area contributed by atoms with Gasteiger partial charge in [-0.1, -0.05) is 121 Å². The Kier molecular flexibility index (Phi) is 30.9. The van der Waals surface area contributed by atoms with Gasteiger partial charge in [0.25, 0.3) is 0 Å². The van der Waals surface area contributed by atoms with E-state index in [-0.39, 0.29) is 26.1 Å². The third-order valence-corrected chi connectivity index (χ3v) is 9.28. The van der Waals surface area contributed by atoms with Gasteiger partial charge < -0.3 is 39.4 Å². The van der Waals surface area contributed by atoms with E-state index in [1.165, 1.54) is 44.9 Å². The number of allylic oxidation sites excluding steroid dienone is 6. The largest absolute Gasteiger partial charge is 0.462 e. The first-order valence-corrected chi connectivity index (χ1v) is 20.6. The molecule has 1 aliphatic rings. The number of carbonyl (C=O) groups excluding carboxylic acids is 2. The Balaban J connectivity index is 2.39. The number of carbonyl (C=O) groups is 2. The summed E-state index contributed by atoms with van der Waals surface area (Å²) >= 11 is 0. The van der Waals surface area contributed by atoms with Gasteiger partial charge in [-0.15, -0.1) is 0 Å². The molecule has 0 spiro atoms. The second-order valence-electron chi connectivity index (χ2n) is 14.1. The summed E-state index contributed by atoms with van der Waals surface area (Å²) in [5.41, 5.74) is 0. The molecule has 0 aromatic heterocycles. The highest BCUT2D eigenvalue weighted by atomic mass is 16.7. The maximum atomic E-state index is 12.7. The van der Waals surface area contributed by atoms with Crippen molar-refractivity contribution in [1.82, 2.24) is 0 Å². The first-order valence-electron chi connectivity index (χ1n) is 20.6. The molecule has 0 amide bonds. The standard InChI is InChI=1S/C42H74O10/c1-3-5-7-9-11-13-15-17-18-19-21-22-24-26-28-30-37(44)49-33-35(34-50-42-41(48)40(47)39(46)36(32-43)52-42)51-38(45)31-29-27-25-23-20-16-14-12-10-8-6-4-2/h12-15,17-18,35-36,39-43,46-48H,3-11,16,19-34H2,1-2H3/b14-12+,15-13+,18-17+/t35-,36-,39+,40?,41?,42-/m0/s1. The van der Waals surface area contributed by atoms with Gasteiger partial charge in [0.15, 0.2) is 12.4 Å². The van der Waals surface area contributed by atoms with Crippen LogP contribution in [0.5, 0.6) is 0 Å². The summed E-state index contributed by atoms with van der Waals surface area (Å²) < 4.78 is 22.1. The van der Waals surface area contributed by atoms with Gasteiger partial charge in [-0.05, 0) is 64.2 Å². The van der Waals surface area contributed by atoms with Crippen molar-refractivity contribution in [2.75, 3.05) is 19.8 Å². The van der Waals surface area contributed by atoms with Crippen LogP contribution in [0.25, 0.3) is 0 Å². The molecule has 0 aliphatic carbocycles. The smallest absolute Gasteiger partial charge is 0.306 e. The van der Waals surface area contributed by atoms with Crippen LogP contribution in [0.4, 0.5) is 0 Å². The average Bonchev–Trinajstić information content (AvgIpc) is 3.14. The molecule has 0 aromatic rings. The second kappa shape index (κ2) is 33.5. The molecular weight excluding hydrogens is 664 g/mol. The predicted octanol–water partition coefficient (Wildman–Crippen LogP) is 7.94. The van der Waals surface area contributed by atoms with Crippen molar-refractivity contribution >= 4 is 11.9 Å². The van der Waals surface area contributed by atoms with E-state index in [4.69, 9.17) is 18.9 Å². The van der Waals surface area contributed by atoms with Crippen LogP contribution in [0, 0.1) is 0 Å². The minimum Gasteiger partial charge on any atom is -0.462 e. The molecule has 0 radical (unpaired) electrons. The summed E-state index contributed by atoms with van der Waals surface area (Å²) in [5.74, 6) is -0.837. The predicted molar refractivity (Wildman–Crippen MR) is 206 cm³/mol. The zero-order chi connectivity index (χ0) is 38.1. The molecule has 0 saturated carbocycles. The summed E-state index contributed by atoms with van der Waals surface area (Å²) in [7, 11) is 0. The van der Waals surface area contributed by atoms with Crippen LogP contribution in [0.1, 0.15) is 162 Å². The molecule has 0 aromatic carbocycles. The Bertz CT molecular complexity index is 949. The number of esters is 2. The lowest BCUT2D eigenvalue weighted by Crippen LogP contribution is -2.59. The van der Waals surface area contributed by atoms with Crippen molar-refractivity contribution in [2.45, 2.75) is 198 Å². The van der Waals surface area contributed by atoms with E-state index >= 15 is 0 Å². The number of hydrogen-bond acceptors (Lipinski definition) is 10. The second-order valence-corrected chi connectivity index (χ2v) is 14.1. The van der Waals surface area contributed by atoms with Crippen molar-refractivity contribution in [3.63, 3.8) is 0 Å². The van der Waals surface area contributed by atoms with Gasteiger partial charge in [-0.3, -0.25) is 9.59 Å². The molecule has 6 atom stereocenters. The number of rotatable bonds is 33. The fraction of sp³-hybridized carbons (Fsp3) is 0.810. The molecule has 302 valence electrons. The van der Waals surface area contributed by atoms with Gasteiger partial charge >= 0.3 is 11.9 Å². The molecule has 4 N–H and O–H groups in total. The van der Waals surface area contributed by atoms with E-state index < -0.39 is 55.4 Å². The molecule has 1 saturated heterocycles. The highest BCUT2D eigenvalue weighted by molar-refractivity contribution is 5.70. The average molecular weight is 739 g/mol. The van der Waals surface area contributed by atoms with Crippen LogP contribution in [0.2, 0.25) is 0 Å². The minimum atomic E-state index is -1.60. The van der Waals surface area contributed by atoms with E-state index in [0.717, 1.165) is 77.0 Å². The third-order valence-electron chi connectivity index (χ3n) is 9.28. The Morgan fingerprint density at radius 3 is 1.65 bits per heavy atom. The fourth-order valence-corrected chi connectivity index (χ4v) is 5.94. The summed E-state index contributed by atoms with van der Waals surface area (Å²) in [6.45, 7) is 3.33. The number of aliphatic hydroxyl groups excluding tert-OH is 4. The van der Waals surface area contributed by atoms with Crippen molar-refractivity contribution in [1.29, 1.82) is 0 Å². The molecule has 10 nitrogen and oxygen atoms in total. The maximum absolute atomic E-state index is 12.7. The Hall–Kier alpha value is -2.08. The molecule has 0 bridgehead atoms. The highest BCUT2D eigenvalue weighted by Gasteiger charge is 2.44. The number of unbranched alkanes of at least 4 members (excludes halogenated alkanes) is 17. The first-order chi connectivity index (χ1) is 25.3. The zero-order valence-electron chi connectivity index (χ0n) is 32.6. The van der Waals surface area contributed by atoms with E-state index in [1.807, 2.05) is 0 Å². The third kappa shape index (κ3) is 25.0. The fourth-order valence-electron chi connectivity index (χ4n) is 5.94. The van der Waals surface area contributed by atoms with Crippen LogP contribution < -0.4 is 0 Å². The first kappa shape index (κ1) is 47.9. The monoisotopic (exact) mass is 739 g/mol. The molecule has 1 heterocycles. The summed E-state index contributed by atoms with van der Waals surface area (Å²) in [6.07, 6.45) is 28.6. The summed E-state index contributed by atoms with van der Waals surface area (Å²) in [5, 5.41) is 39.9. The van der Waals surface area contributed by atoms with Gasteiger partial charge in [-0.2, -0.15) is 0 Å². The molecular formula is C42H74O10. The van der Waals surface area contributed by atoms with Crippen molar-refractivity contribution < 1.29 is 49.0 Å². The van der Waals surface area contributed by atoms with Gasteiger partial charge in [-0.25, -0.2) is 0 Å². The topological polar surface area (TPSA) is 152 Å². The molecule has 10 heteroatoms. The molecule has 1 rings (SSSR count). The molecule has 2 unspecified atom stereocenters. The van der Waals surface area contributed by atoms with E-state index in [1.54, 1.807) is 0 Å². The van der Waals surface area contributed by atoms with Gasteiger partial charge in [0, 0.05) is 12.8 Å². The lowest BCUT2D eigenvalue weighted by molar-refractivity contribution is -0.305. The highest BCUT2D eigenvalue weighted by Crippen LogP contribution is 2.22. The quantitative estimate of drug-likeness (QED) is 0.0226. The zero-order valence-corrected chi connectivity index (χ0v) is 32.6. The number of hydrogen-bond donors (Lipinski definition) is 4. The van der Waals surface area contributed by atoms with Crippen molar-refractivity contribution in [3.05, 3.63) is 36.5 Å². The van der Waals surface area contributed by atoms with Gasteiger partial charge in [0.05, 0.1) is 13.2 Å². The van der Waals surface area contributed by atoms with E-state index in [2.05, 4.69) is 50.3 Å². The van der Waals surface area contributed by atoms with Gasteiger partial charge in [0.1, 0.15) is 31.0 Å². The molecule has 1 aliphatic heterocycles. The molecule has 1 fully saturated rings.